The summed E-state index contributed by atoms with van der Waals surface area (Å²) in [6.45, 7) is 2.95. The molecule has 0 spiro atoms. The van der Waals surface area contributed by atoms with Crippen molar-refractivity contribution in [3.05, 3.63) is 64.7 Å². The van der Waals surface area contributed by atoms with Crippen LogP contribution in [0.15, 0.2) is 42.5 Å². The van der Waals surface area contributed by atoms with Gasteiger partial charge in [0.15, 0.2) is 6.61 Å². The van der Waals surface area contributed by atoms with Crippen LogP contribution in [0, 0.1) is 5.92 Å². The van der Waals surface area contributed by atoms with Crippen LogP contribution >= 0.6 is 0 Å². The Morgan fingerprint density at radius 3 is 2.29 bits per heavy atom. The van der Waals surface area contributed by atoms with Crippen molar-refractivity contribution in [2.24, 2.45) is 5.92 Å². The topological polar surface area (TPSA) is 92.8 Å². The zero-order chi connectivity index (χ0) is 22.1. The minimum absolute atomic E-state index is 0.264. The van der Waals surface area contributed by atoms with E-state index in [2.05, 4.69) is 5.32 Å². The summed E-state index contributed by atoms with van der Waals surface area (Å²) in [4.78, 5) is 51.5. The molecule has 0 saturated carbocycles. The number of nitrogens with zero attached hydrogens (tertiary/aromatic N) is 1. The average Bonchev–Trinajstić information content (AvgIpc) is 3.31. The fourth-order valence-corrected chi connectivity index (χ4v) is 4.20. The molecule has 31 heavy (non-hydrogen) atoms. The Morgan fingerprint density at radius 1 is 1.00 bits per heavy atom. The van der Waals surface area contributed by atoms with Crippen molar-refractivity contribution in [1.82, 2.24) is 4.90 Å². The molecule has 1 atom stereocenters. The van der Waals surface area contributed by atoms with Crippen LogP contribution < -0.4 is 5.32 Å². The molecule has 0 aromatic heterocycles. The number of rotatable bonds is 6. The number of anilines is 1. The first-order chi connectivity index (χ1) is 14.9. The van der Waals surface area contributed by atoms with Gasteiger partial charge in [0, 0.05) is 5.69 Å². The van der Waals surface area contributed by atoms with Gasteiger partial charge < -0.3 is 10.1 Å². The highest BCUT2D eigenvalue weighted by Gasteiger charge is 2.44. The summed E-state index contributed by atoms with van der Waals surface area (Å²) in [6.07, 6.45) is 3.15. The van der Waals surface area contributed by atoms with Crippen LogP contribution in [0.4, 0.5) is 5.69 Å². The van der Waals surface area contributed by atoms with E-state index in [0.29, 0.717) is 5.69 Å². The minimum Gasteiger partial charge on any atom is -0.454 e. The molecule has 160 valence electrons. The molecule has 2 aromatic carbocycles. The lowest BCUT2D eigenvalue weighted by Gasteiger charge is -2.27. The van der Waals surface area contributed by atoms with Crippen LogP contribution in [0.3, 0.4) is 0 Å². The highest BCUT2D eigenvalue weighted by molar-refractivity contribution is 6.22. The number of carbonyl (C=O) groups is 4. The van der Waals surface area contributed by atoms with E-state index in [1.54, 1.807) is 38.1 Å². The maximum Gasteiger partial charge on any atom is 0.330 e. The number of aryl methyl sites for hydroxylation is 2. The van der Waals surface area contributed by atoms with E-state index in [1.807, 2.05) is 18.2 Å². The van der Waals surface area contributed by atoms with Crippen LogP contribution in [-0.2, 0) is 27.2 Å². The third-order valence-electron chi connectivity index (χ3n) is 5.70. The largest absolute Gasteiger partial charge is 0.454 e. The molecule has 3 amide bonds. The molecule has 1 aliphatic carbocycles. The van der Waals surface area contributed by atoms with Gasteiger partial charge >= 0.3 is 5.97 Å². The number of carbonyl (C=O) groups excluding carboxylic acids is 4. The molecule has 1 unspecified atom stereocenters. The van der Waals surface area contributed by atoms with Crippen molar-refractivity contribution < 1.29 is 23.9 Å². The first kappa shape index (κ1) is 20.8. The maximum absolute atomic E-state index is 12.8. The van der Waals surface area contributed by atoms with E-state index >= 15 is 0 Å². The van der Waals surface area contributed by atoms with Gasteiger partial charge in [-0.05, 0) is 60.6 Å². The molecule has 4 rings (SSSR count). The molecule has 7 heteroatoms. The van der Waals surface area contributed by atoms with Crippen molar-refractivity contribution in [1.29, 1.82) is 0 Å². The zero-order valence-electron chi connectivity index (χ0n) is 17.5. The molecular weight excluding hydrogens is 396 g/mol. The maximum atomic E-state index is 12.8. The summed E-state index contributed by atoms with van der Waals surface area (Å²) in [6, 6.07) is 11.1. The van der Waals surface area contributed by atoms with E-state index < -0.39 is 36.3 Å². The predicted octanol–water partition coefficient (Wildman–Crippen LogP) is 2.98. The first-order valence-corrected chi connectivity index (χ1v) is 10.4. The molecule has 1 aliphatic heterocycles. The van der Waals surface area contributed by atoms with Gasteiger partial charge in [0.25, 0.3) is 17.7 Å². The third kappa shape index (κ3) is 3.95. The first-order valence-electron chi connectivity index (χ1n) is 10.4. The van der Waals surface area contributed by atoms with Gasteiger partial charge in [0.2, 0.25) is 0 Å². The van der Waals surface area contributed by atoms with E-state index in [1.165, 1.54) is 11.1 Å². The molecule has 0 saturated heterocycles. The number of ether oxygens (including phenoxy) is 1. The highest BCUT2D eigenvalue weighted by Crippen LogP contribution is 2.28. The Labute approximate surface area is 180 Å². The summed E-state index contributed by atoms with van der Waals surface area (Å²) >= 11 is 0. The molecule has 1 heterocycles. The van der Waals surface area contributed by atoms with Crippen LogP contribution in [0.1, 0.15) is 52.1 Å². The Hall–Kier alpha value is -3.48. The van der Waals surface area contributed by atoms with E-state index in [-0.39, 0.29) is 17.0 Å². The lowest BCUT2D eigenvalue weighted by atomic mass is 10.0. The number of amides is 3. The fraction of sp³-hybridized carbons (Fsp3) is 0.333. The second kappa shape index (κ2) is 8.34. The lowest BCUT2D eigenvalue weighted by Crippen LogP contribution is -2.49. The fourth-order valence-electron chi connectivity index (χ4n) is 4.20. The Bertz CT molecular complexity index is 1040. The van der Waals surface area contributed by atoms with Gasteiger partial charge in [-0.25, -0.2) is 4.79 Å². The highest BCUT2D eigenvalue weighted by atomic mass is 16.5. The van der Waals surface area contributed by atoms with Gasteiger partial charge in [0.1, 0.15) is 6.04 Å². The summed E-state index contributed by atoms with van der Waals surface area (Å²) in [5.74, 6) is -2.70. The van der Waals surface area contributed by atoms with Crippen LogP contribution in [0.25, 0.3) is 0 Å². The summed E-state index contributed by atoms with van der Waals surface area (Å²) in [5.41, 5.74) is 3.70. The molecule has 0 fully saturated rings. The molecule has 2 aromatic rings. The molecule has 0 bridgehead atoms. The normalized spacial score (nSPS) is 15.6. The predicted molar refractivity (Wildman–Crippen MR) is 114 cm³/mol. The second-order valence-electron chi connectivity index (χ2n) is 8.21. The van der Waals surface area contributed by atoms with Gasteiger partial charge in [-0.2, -0.15) is 0 Å². The molecular formula is C24H24N2O5. The Balaban J connectivity index is 1.41. The monoisotopic (exact) mass is 420 g/mol. The van der Waals surface area contributed by atoms with Crippen LogP contribution in [-0.4, -0.2) is 41.2 Å². The van der Waals surface area contributed by atoms with E-state index in [9.17, 15) is 19.2 Å². The van der Waals surface area contributed by atoms with Crippen LogP contribution in [0.5, 0.6) is 0 Å². The molecule has 0 radical (unpaired) electrons. The number of hydrogen-bond donors (Lipinski definition) is 1. The number of benzene rings is 2. The molecule has 2 aliphatic rings. The summed E-state index contributed by atoms with van der Waals surface area (Å²) in [7, 11) is 0. The number of esters is 1. The lowest BCUT2D eigenvalue weighted by molar-refractivity contribution is -0.152. The van der Waals surface area contributed by atoms with Crippen molar-refractivity contribution in [2.45, 2.75) is 39.2 Å². The standard InChI is InChI=1S/C24H24N2O5/c1-14(2)21(26-22(28)18-8-3-4-9-19(18)23(26)29)24(30)31-13-20(27)25-17-11-10-15-6-5-7-16(15)12-17/h3-4,8-12,14,21H,5-7,13H2,1-2H3,(H,25,27). The van der Waals surface area contributed by atoms with E-state index in [4.69, 9.17) is 4.74 Å². The molecule has 7 nitrogen and oxygen atoms in total. The van der Waals surface area contributed by atoms with E-state index in [0.717, 1.165) is 24.2 Å². The Morgan fingerprint density at radius 2 is 1.65 bits per heavy atom. The summed E-state index contributed by atoms with van der Waals surface area (Å²) in [5, 5.41) is 2.73. The van der Waals surface area contributed by atoms with Crippen molar-refractivity contribution in [3.8, 4) is 0 Å². The van der Waals surface area contributed by atoms with Crippen molar-refractivity contribution in [2.75, 3.05) is 11.9 Å². The smallest absolute Gasteiger partial charge is 0.330 e. The van der Waals surface area contributed by atoms with Crippen molar-refractivity contribution in [3.63, 3.8) is 0 Å². The van der Waals surface area contributed by atoms with Gasteiger partial charge in [-0.3, -0.25) is 19.3 Å². The number of hydrogen-bond acceptors (Lipinski definition) is 5. The average molecular weight is 420 g/mol. The third-order valence-corrected chi connectivity index (χ3v) is 5.70. The zero-order valence-corrected chi connectivity index (χ0v) is 17.5. The Kier molecular flexibility index (Phi) is 5.59. The minimum atomic E-state index is -1.11. The SMILES string of the molecule is CC(C)C(C(=O)OCC(=O)Nc1ccc2c(c1)CCC2)N1C(=O)c2ccccc2C1=O. The van der Waals surface area contributed by atoms with Crippen molar-refractivity contribution >= 4 is 29.4 Å². The van der Waals surface area contributed by atoms with Crippen LogP contribution in [0.2, 0.25) is 0 Å². The van der Waals surface area contributed by atoms with Gasteiger partial charge in [0.05, 0.1) is 11.1 Å². The number of nitrogens with one attached hydrogen (secondary N) is 1. The summed E-state index contributed by atoms with van der Waals surface area (Å²) < 4.78 is 5.20. The molecule has 1 N–H and O–H groups in total. The second-order valence-corrected chi connectivity index (χ2v) is 8.21. The van der Waals surface area contributed by atoms with Gasteiger partial charge in [-0.15, -0.1) is 0 Å². The number of fused-ring (bicyclic) bond motifs is 2. The number of imide groups is 1. The quantitative estimate of drug-likeness (QED) is 0.573. The van der Waals surface area contributed by atoms with Gasteiger partial charge in [-0.1, -0.05) is 32.0 Å².